The monoisotopic (exact) mass is 716 g/mol. The molecular formula is C35H57ClN2O11. The second kappa shape index (κ2) is 19.8. The lowest BCUT2D eigenvalue weighted by Crippen LogP contribution is -2.60. The Morgan fingerprint density at radius 2 is 1.06 bits per heavy atom. The van der Waals surface area contributed by atoms with Crippen LogP contribution in [-0.4, -0.2) is 114 Å². The number of hydrogen-bond donors (Lipinski definition) is 6. The highest BCUT2D eigenvalue weighted by atomic mass is 35.5. The topological polar surface area (TPSA) is 185 Å². The standard InChI is InChI=1S/C35H57ClN2O11/c1-3-5-7-9-11-13-17-46-31-27(39)25(48-33(43)29(31)41)20-37-23-16-15-22(36)19-24(23)38(35(37)45)21-26-28(40)32(30(42)34(44)49-26)47-18-14-12-10-8-6-4-2/h15-16,19,25-34,39-44H,3-14,17-18,20-21H2,1-2H3/t25-,26+,27+,28-,29+,30-,31+,32-,33-,34+/m1/s1. The molecule has 14 heteroatoms. The van der Waals surface area contributed by atoms with E-state index in [1.54, 1.807) is 18.2 Å². The van der Waals surface area contributed by atoms with Gasteiger partial charge in [-0.1, -0.05) is 89.7 Å². The third-order valence-corrected chi connectivity index (χ3v) is 9.88. The summed E-state index contributed by atoms with van der Waals surface area (Å²) < 4.78 is 25.5. The minimum absolute atomic E-state index is 0.203. The first-order valence-electron chi connectivity index (χ1n) is 18.1. The predicted octanol–water partition coefficient (Wildman–Crippen LogP) is 2.83. The number of ether oxygens (including phenoxy) is 4. The highest BCUT2D eigenvalue weighted by molar-refractivity contribution is 6.31. The van der Waals surface area contributed by atoms with E-state index in [4.69, 9.17) is 30.5 Å². The minimum Gasteiger partial charge on any atom is -0.388 e. The van der Waals surface area contributed by atoms with E-state index in [0.717, 1.165) is 64.2 Å². The molecule has 0 amide bonds. The van der Waals surface area contributed by atoms with E-state index in [0.29, 0.717) is 16.1 Å². The number of fused-ring (bicyclic) bond motifs is 1. The summed E-state index contributed by atoms with van der Waals surface area (Å²) in [6.07, 6.45) is -1.13. The van der Waals surface area contributed by atoms with Crippen LogP contribution < -0.4 is 5.69 Å². The number of rotatable bonds is 20. The highest BCUT2D eigenvalue weighted by Gasteiger charge is 2.46. The Labute approximate surface area is 293 Å². The first-order chi connectivity index (χ1) is 23.6. The van der Waals surface area contributed by atoms with Gasteiger partial charge in [0.25, 0.3) is 0 Å². The van der Waals surface area contributed by atoms with Gasteiger partial charge < -0.3 is 49.6 Å². The number of aromatic nitrogens is 2. The van der Waals surface area contributed by atoms with Crippen molar-refractivity contribution >= 4 is 22.6 Å². The molecule has 0 aliphatic carbocycles. The Morgan fingerprint density at radius 3 is 1.53 bits per heavy atom. The lowest BCUT2D eigenvalue weighted by Gasteiger charge is -2.40. The molecule has 13 nitrogen and oxygen atoms in total. The van der Waals surface area contributed by atoms with Crippen LogP contribution in [0.3, 0.4) is 0 Å². The molecule has 0 bridgehead atoms. The van der Waals surface area contributed by atoms with Crippen molar-refractivity contribution in [1.82, 2.24) is 9.13 Å². The lowest BCUT2D eigenvalue weighted by atomic mass is 9.98. The van der Waals surface area contributed by atoms with Gasteiger partial charge in [-0.25, -0.2) is 4.79 Å². The van der Waals surface area contributed by atoms with E-state index in [-0.39, 0.29) is 26.3 Å². The molecule has 2 aromatic rings. The van der Waals surface area contributed by atoms with Gasteiger partial charge in [-0.15, -0.1) is 0 Å². The van der Waals surface area contributed by atoms with E-state index in [1.165, 1.54) is 22.0 Å². The number of benzene rings is 1. The predicted molar refractivity (Wildman–Crippen MR) is 183 cm³/mol. The molecule has 0 radical (unpaired) electrons. The molecule has 0 spiro atoms. The van der Waals surface area contributed by atoms with E-state index in [9.17, 15) is 35.4 Å². The van der Waals surface area contributed by atoms with Crippen molar-refractivity contribution in [3.05, 3.63) is 33.7 Å². The smallest absolute Gasteiger partial charge is 0.329 e. The van der Waals surface area contributed by atoms with Crippen LogP contribution in [0.15, 0.2) is 23.0 Å². The number of aliphatic hydroxyl groups excluding tert-OH is 6. The van der Waals surface area contributed by atoms with Crippen LogP contribution in [0, 0.1) is 0 Å². The summed E-state index contributed by atoms with van der Waals surface area (Å²) in [5.41, 5.74) is 0.261. The number of aliphatic hydroxyl groups is 6. The molecule has 1 aromatic carbocycles. The summed E-state index contributed by atoms with van der Waals surface area (Å²) in [5, 5.41) is 64.9. The van der Waals surface area contributed by atoms with Gasteiger partial charge in [0.05, 0.1) is 24.1 Å². The van der Waals surface area contributed by atoms with Crippen molar-refractivity contribution in [3.63, 3.8) is 0 Å². The van der Waals surface area contributed by atoms with Crippen molar-refractivity contribution < 1.29 is 49.6 Å². The molecule has 280 valence electrons. The Kier molecular flexibility index (Phi) is 16.3. The van der Waals surface area contributed by atoms with Crippen LogP contribution in [0.4, 0.5) is 0 Å². The SMILES string of the molecule is CCCCCCCCO[C@H]1[C@@H](O)[C@@H](Cn2c(=O)n(C[C@@H]3O[C@H](O)[C@H](O)[C@H](OCCCCCCCC)[C@@H]3O)c3cc(Cl)ccc32)O[C@@H](O)[C@H]1O. The Hall–Kier alpha value is -1.62. The van der Waals surface area contributed by atoms with Crippen LogP contribution in [-0.2, 0) is 32.0 Å². The fraction of sp³-hybridized carbons (Fsp3) is 0.800. The third-order valence-electron chi connectivity index (χ3n) is 9.64. The van der Waals surface area contributed by atoms with Crippen molar-refractivity contribution in [1.29, 1.82) is 0 Å². The number of halogens is 1. The molecule has 2 aliphatic rings. The normalized spacial score (nSPS) is 30.7. The van der Waals surface area contributed by atoms with Gasteiger partial charge in [0.1, 0.15) is 48.8 Å². The fourth-order valence-electron chi connectivity index (χ4n) is 6.74. The average molecular weight is 717 g/mol. The van der Waals surface area contributed by atoms with Gasteiger partial charge in [0.15, 0.2) is 12.6 Å². The maximum atomic E-state index is 14.0. The van der Waals surface area contributed by atoms with Crippen molar-refractivity contribution in [2.24, 2.45) is 0 Å². The summed E-state index contributed by atoms with van der Waals surface area (Å²) in [4.78, 5) is 14.0. The molecule has 1 aromatic heterocycles. The first-order valence-corrected chi connectivity index (χ1v) is 18.5. The van der Waals surface area contributed by atoms with E-state index in [2.05, 4.69) is 13.8 Å². The molecule has 4 rings (SSSR count). The van der Waals surface area contributed by atoms with Gasteiger partial charge >= 0.3 is 5.69 Å². The minimum atomic E-state index is -1.65. The molecule has 3 heterocycles. The van der Waals surface area contributed by atoms with Gasteiger partial charge in [-0.2, -0.15) is 0 Å². The summed E-state index contributed by atoms with van der Waals surface area (Å²) in [6.45, 7) is 4.45. The van der Waals surface area contributed by atoms with E-state index >= 15 is 0 Å². The van der Waals surface area contributed by atoms with Gasteiger partial charge in [-0.3, -0.25) is 9.13 Å². The van der Waals surface area contributed by atoms with E-state index in [1.807, 2.05) is 0 Å². The molecule has 6 N–H and O–H groups in total. The quantitative estimate of drug-likeness (QED) is 0.111. The fourth-order valence-corrected chi connectivity index (χ4v) is 6.90. The van der Waals surface area contributed by atoms with Gasteiger partial charge in [0, 0.05) is 18.2 Å². The van der Waals surface area contributed by atoms with Crippen LogP contribution in [0.5, 0.6) is 0 Å². The van der Waals surface area contributed by atoms with Crippen LogP contribution in [0.25, 0.3) is 11.0 Å². The zero-order valence-electron chi connectivity index (χ0n) is 28.8. The Bertz CT molecular complexity index is 1320. The maximum Gasteiger partial charge on any atom is 0.329 e. The van der Waals surface area contributed by atoms with Gasteiger partial charge in [-0.05, 0) is 31.0 Å². The van der Waals surface area contributed by atoms with Gasteiger partial charge in [0.2, 0.25) is 0 Å². The highest BCUT2D eigenvalue weighted by Crippen LogP contribution is 2.28. The largest absolute Gasteiger partial charge is 0.388 e. The van der Waals surface area contributed by atoms with Crippen molar-refractivity contribution in [2.75, 3.05) is 13.2 Å². The molecule has 2 aliphatic heterocycles. The molecule has 49 heavy (non-hydrogen) atoms. The third kappa shape index (κ3) is 10.5. The zero-order valence-corrected chi connectivity index (χ0v) is 29.6. The van der Waals surface area contributed by atoms with Crippen LogP contribution in [0.2, 0.25) is 5.02 Å². The molecule has 10 atom stereocenters. The lowest BCUT2D eigenvalue weighted by molar-refractivity contribution is -0.292. The van der Waals surface area contributed by atoms with Crippen LogP contribution >= 0.6 is 11.6 Å². The average Bonchev–Trinajstić information content (AvgIpc) is 3.32. The number of imidazole rings is 1. The Balaban J connectivity index is 1.47. The molecule has 0 saturated carbocycles. The Morgan fingerprint density at radius 1 is 0.633 bits per heavy atom. The summed E-state index contributed by atoms with van der Waals surface area (Å²) in [5.74, 6) is 0. The van der Waals surface area contributed by atoms with Crippen molar-refractivity contribution in [2.45, 2.75) is 165 Å². The summed E-state index contributed by atoms with van der Waals surface area (Å²) >= 11 is 6.32. The molecule has 2 fully saturated rings. The number of nitrogens with zero attached hydrogens (tertiary/aromatic N) is 2. The number of unbranched alkanes of at least 4 members (excludes halogenated alkanes) is 10. The maximum absolute atomic E-state index is 14.0. The second-order valence-electron chi connectivity index (χ2n) is 13.4. The zero-order chi connectivity index (χ0) is 35.5. The molecule has 0 unspecified atom stereocenters. The van der Waals surface area contributed by atoms with Crippen molar-refractivity contribution in [3.8, 4) is 0 Å². The number of hydrogen-bond acceptors (Lipinski definition) is 11. The molecule has 2 saturated heterocycles. The van der Waals surface area contributed by atoms with Crippen LogP contribution in [0.1, 0.15) is 90.9 Å². The first kappa shape index (κ1) is 40.2. The summed E-state index contributed by atoms with van der Waals surface area (Å²) in [7, 11) is 0. The summed E-state index contributed by atoms with van der Waals surface area (Å²) in [6, 6.07) is 4.81. The second-order valence-corrected chi connectivity index (χ2v) is 13.9. The van der Waals surface area contributed by atoms with E-state index < -0.39 is 67.1 Å². The molecular weight excluding hydrogens is 660 g/mol.